The van der Waals surface area contributed by atoms with E-state index in [4.69, 9.17) is 9.47 Å². The molecule has 1 N–H and O–H groups in total. The summed E-state index contributed by atoms with van der Waals surface area (Å²) in [7, 11) is 0.340. The second-order valence-electron chi connectivity index (χ2n) is 5.65. The molecule has 106 valence electrons. The van der Waals surface area contributed by atoms with Crippen molar-refractivity contribution in [3.63, 3.8) is 0 Å². The Morgan fingerprint density at radius 2 is 1.84 bits per heavy atom. The van der Waals surface area contributed by atoms with E-state index in [1.165, 1.54) is 0 Å². The van der Waals surface area contributed by atoms with E-state index in [0.29, 0.717) is 17.9 Å². The Hall–Kier alpha value is -1.33. The van der Waals surface area contributed by atoms with Gasteiger partial charge < -0.3 is 14.6 Å². The van der Waals surface area contributed by atoms with Crippen molar-refractivity contribution in [1.82, 2.24) is 0 Å². The van der Waals surface area contributed by atoms with Gasteiger partial charge in [-0.3, -0.25) is 0 Å². The average Bonchev–Trinajstić information content (AvgIpc) is 2.36. The Morgan fingerprint density at radius 1 is 1.26 bits per heavy atom. The quantitative estimate of drug-likeness (QED) is 0.643. The molecule has 0 amide bonds. The van der Waals surface area contributed by atoms with Crippen LogP contribution >= 0.6 is 0 Å². The van der Waals surface area contributed by atoms with Gasteiger partial charge in [0.25, 0.3) is 0 Å². The van der Waals surface area contributed by atoms with Crippen molar-refractivity contribution >= 4 is 14.0 Å². The molecule has 0 fully saturated rings. The second kappa shape index (κ2) is 6.72. The highest BCUT2D eigenvalue weighted by atomic mass is 28.3. The highest BCUT2D eigenvalue weighted by Gasteiger charge is 2.20. The molecule has 1 rings (SSSR count). The summed E-state index contributed by atoms with van der Waals surface area (Å²) in [5.41, 5.74) is 0.513. The zero-order valence-corrected chi connectivity index (χ0v) is 13.0. The molecule has 0 bridgehead atoms. The van der Waals surface area contributed by atoms with Crippen molar-refractivity contribution in [2.45, 2.75) is 31.8 Å². The molecule has 1 aromatic rings. The van der Waals surface area contributed by atoms with Crippen molar-refractivity contribution in [1.29, 1.82) is 0 Å². The predicted octanol–water partition coefficient (Wildman–Crippen LogP) is 2.61. The minimum atomic E-state index is -1.23. The molecule has 0 aliphatic rings. The van der Waals surface area contributed by atoms with E-state index in [-0.39, 0.29) is 0 Å². The van der Waals surface area contributed by atoms with E-state index in [1.54, 1.807) is 31.4 Å². The number of aliphatic hydroxyl groups is 1. The number of methoxy groups -OCH3 is 1. The van der Waals surface area contributed by atoms with E-state index in [0.717, 1.165) is 6.04 Å². The van der Waals surface area contributed by atoms with Gasteiger partial charge in [-0.1, -0.05) is 31.8 Å². The molecule has 1 atom stereocenters. The predicted molar refractivity (Wildman–Crippen MR) is 77.1 cm³/mol. The van der Waals surface area contributed by atoms with Crippen LogP contribution < -0.4 is 4.74 Å². The summed E-state index contributed by atoms with van der Waals surface area (Å²) >= 11 is 0. The maximum Gasteiger partial charge on any atom is 0.339 e. The Morgan fingerprint density at radius 3 is 2.32 bits per heavy atom. The van der Waals surface area contributed by atoms with Gasteiger partial charge in [-0.2, -0.15) is 0 Å². The van der Waals surface area contributed by atoms with Crippen molar-refractivity contribution in [2.75, 3.05) is 13.7 Å². The largest absolute Gasteiger partial charge is 0.497 e. The van der Waals surface area contributed by atoms with E-state index in [9.17, 15) is 9.90 Å². The monoisotopic (exact) mass is 282 g/mol. The number of carbonyl (C=O) groups is 1. The molecule has 0 radical (unpaired) electrons. The topological polar surface area (TPSA) is 55.8 Å². The Labute approximate surface area is 115 Å². The summed E-state index contributed by atoms with van der Waals surface area (Å²) in [5, 5.41) is 9.88. The SMILES string of the molecule is COc1ccc(C(O)C(=O)OCC[Si](C)(C)C)cc1. The van der Waals surface area contributed by atoms with Crippen LogP contribution in [0.3, 0.4) is 0 Å². The molecule has 0 heterocycles. The molecule has 1 unspecified atom stereocenters. The lowest BCUT2D eigenvalue weighted by atomic mass is 10.1. The molecule has 0 spiro atoms. The molecule has 19 heavy (non-hydrogen) atoms. The van der Waals surface area contributed by atoms with Crippen LogP contribution in [0.5, 0.6) is 5.75 Å². The number of hydrogen-bond acceptors (Lipinski definition) is 4. The van der Waals surface area contributed by atoms with Gasteiger partial charge in [0, 0.05) is 8.07 Å². The normalized spacial score (nSPS) is 12.9. The zero-order valence-electron chi connectivity index (χ0n) is 12.0. The second-order valence-corrected chi connectivity index (χ2v) is 11.3. The third-order valence-electron chi connectivity index (χ3n) is 2.75. The number of carbonyl (C=O) groups excluding carboxylic acids is 1. The summed E-state index contributed by atoms with van der Waals surface area (Å²) < 4.78 is 10.1. The minimum absolute atomic E-state index is 0.377. The summed E-state index contributed by atoms with van der Waals surface area (Å²) in [5.74, 6) is 0.0893. The number of benzene rings is 1. The first-order valence-electron chi connectivity index (χ1n) is 6.32. The highest BCUT2D eigenvalue weighted by molar-refractivity contribution is 6.76. The Kier molecular flexibility index (Phi) is 5.56. The molecule has 0 aliphatic carbocycles. The number of aliphatic hydroxyl groups excluding tert-OH is 1. The van der Waals surface area contributed by atoms with Gasteiger partial charge in [-0.05, 0) is 23.7 Å². The maximum atomic E-state index is 11.7. The van der Waals surface area contributed by atoms with Crippen LogP contribution in [-0.4, -0.2) is 32.9 Å². The molecule has 0 saturated heterocycles. The van der Waals surface area contributed by atoms with Crippen molar-refractivity contribution in [2.24, 2.45) is 0 Å². The molecule has 0 aliphatic heterocycles. The zero-order chi connectivity index (χ0) is 14.5. The molecule has 1 aromatic carbocycles. The van der Waals surface area contributed by atoms with Crippen molar-refractivity contribution in [3.8, 4) is 5.75 Å². The van der Waals surface area contributed by atoms with Gasteiger partial charge in [0.05, 0.1) is 13.7 Å². The first-order chi connectivity index (χ1) is 8.83. The number of ether oxygens (including phenoxy) is 2. The summed E-state index contributed by atoms with van der Waals surface area (Å²) in [6.07, 6.45) is -1.23. The van der Waals surface area contributed by atoms with Gasteiger partial charge >= 0.3 is 5.97 Å². The lowest BCUT2D eigenvalue weighted by Crippen LogP contribution is -2.24. The van der Waals surface area contributed by atoms with Gasteiger partial charge in [-0.15, -0.1) is 0 Å². The van der Waals surface area contributed by atoms with Gasteiger partial charge in [0.15, 0.2) is 6.10 Å². The van der Waals surface area contributed by atoms with Gasteiger partial charge in [0.2, 0.25) is 0 Å². The fourth-order valence-corrected chi connectivity index (χ4v) is 2.17. The van der Waals surface area contributed by atoms with Crippen LogP contribution in [0.4, 0.5) is 0 Å². The fourth-order valence-electron chi connectivity index (χ4n) is 1.46. The van der Waals surface area contributed by atoms with Crippen LogP contribution in [0, 0.1) is 0 Å². The lowest BCUT2D eigenvalue weighted by Gasteiger charge is -2.16. The third kappa shape index (κ3) is 5.44. The first kappa shape index (κ1) is 15.7. The average molecular weight is 282 g/mol. The smallest absolute Gasteiger partial charge is 0.339 e. The van der Waals surface area contributed by atoms with E-state index >= 15 is 0 Å². The summed E-state index contributed by atoms with van der Waals surface area (Å²) in [4.78, 5) is 11.7. The van der Waals surface area contributed by atoms with E-state index < -0.39 is 20.1 Å². The first-order valence-corrected chi connectivity index (χ1v) is 10.0. The van der Waals surface area contributed by atoms with Gasteiger partial charge in [0.1, 0.15) is 5.75 Å². The molecule has 0 aromatic heterocycles. The van der Waals surface area contributed by atoms with Crippen LogP contribution in [0.1, 0.15) is 11.7 Å². The summed E-state index contributed by atoms with van der Waals surface area (Å²) in [6, 6.07) is 7.61. The fraction of sp³-hybridized carbons (Fsp3) is 0.500. The minimum Gasteiger partial charge on any atom is -0.497 e. The molecule has 4 nitrogen and oxygen atoms in total. The number of rotatable bonds is 6. The standard InChI is InChI=1S/C14H22O4Si/c1-17-12-7-5-11(6-8-12)13(15)14(16)18-9-10-19(2,3)4/h5-8,13,15H,9-10H2,1-4H3. The van der Waals surface area contributed by atoms with E-state index in [2.05, 4.69) is 19.6 Å². The van der Waals surface area contributed by atoms with Crippen LogP contribution in [0.15, 0.2) is 24.3 Å². The highest BCUT2D eigenvalue weighted by Crippen LogP contribution is 2.19. The summed E-state index contributed by atoms with van der Waals surface area (Å²) in [6.45, 7) is 7.00. The molecular weight excluding hydrogens is 260 g/mol. The van der Waals surface area contributed by atoms with E-state index in [1.807, 2.05) is 0 Å². The van der Waals surface area contributed by atoms with Crippen LogP contribution in [0.2, 0.25) is 25.7 Å². The molecule has 0 saturated carbocycles. The van der Waals surface area contributed by atoms with Gasteiger partial charge in [-0.25, -0.2) is 4.79 Å². The Balaban J connectivity index is 2.51. The van der Waals surface area contributed by atoms with Crippen LogP contribution in [-0.2, 0) is 9.53 Å². The van der Waals surface area contributed by atoms with Crippen LogP contribution in [0.25, 0.3) is 0 Å². The third-order valence-corrected chi connectivity index (χ3v) is 4.46. The van der Waals surface area contributed by atoms with Crippen molar-refractivity contribution in [3.05, 3.63) is 29.8 Å². The number of hydrogen-bond donors (Lipinski definition) is 1. The maximum absolute atomic E-state index is 11.7. The molecular formula is C14H22O4Si. The van der Waals surface area contributed by atoms with Crippen molar-refractivity contribution < 1.29 is 19.4 Å². The Bertz CT molecular complexity index is 408. The molecule has 5 heteroatoms. The lowest BCUT2D eigenvalue weighted by molar-refractivity contribution is -0.153. The number of esters is 1.